The summed E-state index contributed by atoms with van der Waals surface area (Å²) in [6.07, 6.45) is 7.78. The Hall–Kier alpha value is -2.69. The van der Waals surface area contributed by atoms with Crippen LogP contribution >= 0.6 is 0 Å². The minimum Gasteiger partial charge on any atom is -0.363 e. The summed E-state index contributed by atoms with van der Waals surface area (Å²) in [4.78, 5) is 16.6. The normalized spacial score (nSPS) is 13.1. The van der Waals surface area contributed by atoms with Crippen LogP contribution in [-0.2, 0) is 6.54 Å². The molecular formula is C15H13N3O2. The molecule has 100 valence electrons. The van der Waals surface area contributed by atoms with Crippen LogP contribution in [0.1, 0.15) is 11.1 Å². The van der Waals surface area contributed by atoms with Crippen LogP contribution in [0.15, 0.2) is 48.8 Å². The van der Waals surface area contributed by atoms with Crippen molar-refractivity contribution in [2.75, 3.05) is 11.4 Å². The Labute approximate surface area is 116 Å². The van der Waals surface area contributed by atoms with Gasteiger partial charge in [-0.05, 0) is 11.6 Å². The molecule has 0 bridgehead atoms. The van der Waals surface area contributed by atoms with Gasteiger partial charge in [0.25, 0.3) is 5.69 Å². The van der Waals surface area contributed by atoms with Crippen molar-refractivity contribution in [2.45, 2.75) is 6.54 Å². The van der Waals surface area contributed by atoms with Crippen molar-refractivity contribution in [3.05, 3.63) is 70.0 Å². The highest BCUT2D eigenvalue weighted by atomic mass is 16.6. The number of nitrogens with zero attached hydrogens (tertiary/aromatic N) is 3. The highest BCUT2D eigenvalue weighted by Crippen LogP contribution is 2.26. The van der Waals surface area contributed by atoms with Crippen LogP contribution in [0.25, 0.3) is 6.08 Å². The van der Waals surface area contributed by atoms with E-state index < -0.39 is 0 Å². The topological polar surface area (TPSA) is 59.3 Å². The molecule has 5 nitrogen and oxygen atoms in total. The Bertz CT molecular complexity index is 665. The van der Waals surface area contributed by atoms with Gasteiger partial charge in [-0.1, -0.05) is 24.3 Å². The zero-order valence-corrected chi connectivity index (χ0v) is 10.8. The number of benzene rings is 1. The second-order valence-electron chi connectivity index (χ2n) is 4.64. The predicted molar refractivity (Wildman–Crippen MR) is 77.4 cm³/mol. The molecule has 0 amide bonds. The first kappa shape index (κ1) is 12.3. The molecule has 2 heterocycles. The summed E-state index contributed by atoms with van der Waals surface area (Å²) >= 11 is 0. The lowest BCUT2D eigenvalue weighted by Crippen LogP contribution is -2.25. The summed E-state index contributed by atoms with van der Waals surface area (Å²) in [7, 11) is 0. The van der Waals surface area contributed by atoms with Crippen LogP contribution in [0.3, 0.4) is 0 Å². The molecule has 0 fully saturated rings. The van der Waals surface area contributed by atoms with Crippen molar-refractivity contribution in [2.24, 2.45) is 0 Å². The van der Waals surface area contributed by atoms with Gasteiger partial charge < -0.3 is 4.90 Å². The van der Waals surface area contributed by atoms with E-state index in [1.807, 2.05) is 12.3 Å². The molecule has 0 aliphatic carbocycles. The van der Waals surface area contributed by atoms with Gasteiger partial charge in [0.15, 0.2) is 0 Å². The van der Waals surface area contributed by atoms with Crippen LogP contribution in [0, 0.1) is 10.1 Å². The van der Waals surface area contributed by atoms with Crippen molar-refractivity contribution >= 4 is 17.5 Å². The fourth-order valence-electron chi connectivity index (χ4n) is 2.31. The molecule has 0 saturated carbocycles. The van der Waals surface area contributed by atoms with Gasteiger partial charge in [-0.2, -0.15) is 0 Å². The third kappa shape index (κ3) is 2.38. The maximum Gasteiger partial charge on any atom is 0.269 e. The maximum atomic E-state index is 10.6. The zero-order valence-electron chi connectivity index (χ0n) is 10.8. The van der Waals surface area contributed by atoms with Crippen LogP contribution < -0.4 is 4.90 Å². The molecule has 2 aromatic rings. The van der Waals surface area contributed by atoms with E-state index in [1.54, 1.807) is 30.5 Å². The summed E-state index contributed by atoms with van der Waals surface area (Å²) in [6, 6.07) is 8.68. The average molecular weight is 267 g/mol. The van der Waals surface area contributed by atoms with Crippen molar-refractivity contribution in [1.82, 2.24) is 4.98 Å². The van der Waals surface area contributed by atoms with E-state index >= 15 is 0 Å². The molecule has 1 aliphatic heterocycles. The van der Waals surface area contributed by atoms with Crippen molar-refractivity contribution in [1.29, 1.82) is 0 Å². The standard InChI is InChI=1S/C15H13N3O2/c19-18(20)14-5-3-12(4-6-14)11-17-9-1-2-13-10-16-8-7-15(13)17/h1-8,10H,9,11H2. The van der Waals surface area contributed by atoms with Crippen LogP contribution in [-0.4, -0.2) is 16.5 Å². The van der Waals surface area contributed by atoms with Gasteiger partial charge in [0.2, 0.25) is 0 Å². The summed E-state index contributed by atoms with van der Waals surface area (Å²) in [6.45, 7) is 1.55. The Morgan fingerprint density at radius 3 is 2.80 bits per heavy atom. The number of non-ortho nitro benzene ring substituents is 1. The third-order valence-electron chi connectivity index (χ3n) is 3.31. The molecule has 5 heteroatoms. The van der Waals surface area contributed by atoms with Crippen LogP contribution in [0.4, 0.5) is 11.4 Å². The quantitative estimate of drug-likeness (QED) is 0.633. The first-order chi connectivity index (χ1) is 9.74. The minimum atomic E-state index is -0.381. The number of nitro benzene ring substituents is 1. The van der Waals surface area contributed by atoms with Crippen LogP contribution in [0.5, 0.6) is 0 Å². The molecular weight excluding hydrogens is 254 g/mol. The van der Waals surface area contributed by atoms with E-state index in [0.29, 0.717) is 0 Å². The number of anilines is 1. The fraction of sp³-hybridized carbons (Fsp3) is 0.133. The smallest absolute Gasteiger partial charge is 0.269 e. The zero-order chi connectivity index (χ0) is 13.9. The highest BCUT2D eigenvalue weighted by molar-refractivity contribution is 5.70. The van der Waals surface area contributed by atoms with Gasteiger partial charge >= 0.3 is 0 Å². The first-order valence-corrected chi connectivity index (χ1v) is 6.33. The predicted octanol–water partition coefficient (Wildman–Crippen LogP) is 3.02. The Kier molecular flexibility index (Phi) is 3.16. The molecule has 1 aromatic carbocycles. The number of fused-ring (bicyclic) bond motifs is 1. The lowest BCUT2D eigenvalue weighted by Gasteiger charge is -2.27. The van der Waals surface area contributed by atoms with E-state index in [2.05, 4.69) is 22.0 Å². The van der Waals surface area contributed by atoms with Gasteiger partial charge in [-0.25, -0.2) is 0 Å². The summed E-state index contributed by atoms with van der Waals surface area (Å²) < 4.78 is 0. The minimum absolute atomic E-state index is 0.122. The van der Waals surface area contributed by atoms with Gasteiger partial charge in [0, 0.05) is 48.9 Å². The van der Waals surface area contributed by atoms with Crippen molar-refractivity contribution < 1.29 is 4.92 Å². The van der Waals surface area contributed by atoms with Gasteiger partial charge in [-0.3, -0.25) is 15.1 Å². The van der Waals surface area contributed by atoms with E-state index in [0.717, 1.165) is 29.9 Å². The fourth-order valence-corrected chi connectivity index (χ4v) is 2.31. The summed E-state index contributed by atoms with van der Waals surface area (Å²) in [5, 5.41) is 10.6. The van der Waals surface area contributed by atoms with Crippen molar-refractivity contribution in [3.8, 4) is 0 Å². The molecule has 0 N–H and O–H groups in total. The van der Waals surface area contributed by atoms with E-state index in [9.17, 15) is 10.1 Å². The Balaban J connectivity index is 1.82. The first-order valence-electron chi connectivity index (χ1n) is 6.33. The SMILES string of the molecule is O=[N+]([O-])c1ccc(CN2CC=Cc3cnccc32)cc1. The maximum absolute atomic E-state index is 10.6. The van der Waals surface area contributed by atoms with Crippen LogP contribution in [0.2, 0.25) is 0 Å². The second kappa shape index (κ2) is 5.13. The molecule has 0 radical (unpaired) electrons. The number of hydrogen-bond acceptors (Lipinski definition) is 4. The Morgan fingerprint density at radius 2 is 2.05 bits per heavy atom. The van der Waals surface area contributed by atoms with E-state index in [-0.39, 0.29) is 10.6 Å². The van der Waals surface area contributed by atoms with Gasteiger partial charge in [0.05, 0.1) is 4.92 Å². The molecule has 0 atom stereocenters. The number of pyridine rings is 1. The molecule has 1 aromatic heterocycles. The molecule has 20 heavy (non-hydrogen) atoms. The molecule has 3 rings (SSSR count). The highest BCUT2D eigenvalue weighted by Gasteiger charge is 2.13. The second-order valence-corrected chi connectivity index (χ2v) is 4.64. The average Bonchev–Trinajstić information content (AvgIpc) is 2.48. The molecule has 0 unspecified atom stereocenters. The van der Waals surface area contributed by atoms with Crippen molar-refractivity contribution in [3.63, 3.8) is 0 Å². The van der Waals surface area contributed by atoms with E-state index in [1.165, 1.54) is 0 Å². The summed E-state index contributed by atoms with van der Waals surface area (Å²) in [5.41, 5.74) is 3.41. The Morgan fingerprint density at radius 1 is 1.25 bits per heavy atom. The largest absolute Gasteiger partial charge is 0.363 e. The van der Waals surface area contributed by atoms with Gasteiger partial charge in [0.1, 0.15) is 0 Å². The monoisotopic (exact) mass is 267 g/mol. The number of hydrogen-bond donors (Lipinski definition) is 0. The lowest BCUT2D eigenvalue weighted by atomic mass is 10.1. The molecule has 0 saturated heterocycles. The third-order valence-corrected chi connectivity index (χ3v) is 3.31. The van der Waals surface area contributed by atoms with E-state index in [4.69, 9.17) is 0 Å². The number of nitro groups is 1. The number of aromatic nitrogens is 1. The molecule has 1 aliphatic rings. The number of rotatable bonds is 3. The molecule has 0 spiro atoms. The summed E-state index contributed by atoms with van der Waals surface area (Å²) in [5.74, 6) is 0. The van der Waals surface area contributed by atoms with Gasteiger partial charge in [-0.15, -0.1) is 0 Å². The lowest BCUT2D eigenvalue weighted by molar-refractivity contribution is -0.384.